The molecule has 6 nitrogen and oxygen atoms in total. The van der Waals surface area contributed by atoms with Crippen LogP contribution in [-0.2, 0) is 20.8 Å². The van der Waals surface area contributed by atoms with Crippen molar-refractivity contribution in [3.8, 4) is 0 Å². The molecule has 1 fully saturated rings. The lowest BCUT2D eigenvalue weighted by atomic mass is 9.99. The van der Waals surface area contributed by atoms with Crippen LogP contribution in [0.5, 0.6) is 0 Å². The minimum absolute atomic E-state index is 0.0857. The van der Waals surface area contributed by atoms with Gasteiger partial charge >= 0.3 is 0 Å². The van der Waals surface area contributed by atoms with Gasteiger partial charge in [-0.15, -0.1) is 0 Å². The Morgan fingerprint density at radius 2 is 1.96 bits per heavy atom. The van der Waals surface area contributed by atoms with Gasteiger partial charge in [-0.05, 0) is 37.5 Å². The maximum absolute atomic E-state index is 13.2. The quantitative estimate of drug-likeness (QED) is 0.689. The number of carbonyl (C=O) groups is 3. The van der Waals surface area contributed by atoms with E-state index in [-0.39, 0.29) is 18.4 Å². The van der Waals surface area contributed by atoms with Crippen molar-refractivity contribution in [2.24, 2.45) is 5.73 Å². The molecule has 1 aliphatic carbocycles. The molecule has 1 aliphatic rings. The third-order valence-electron chi connectivity index (χ3n) is 4.44. The van der Waals surface area contributed by atoms with Crippen LogP contribution in [0.15, 0.2) is 24.3 Å². The number of hydrogen-bond donors (Lipinski definition) is 3. The Morgan fingerprint density at radius 3 is 2.56 bits per heavy atom. The van der Waals surface area contributed by atoms with Gasteiger partial charge in [0, 0.05) is 5.54 Å². The normalized spacial score (nSPS) is 16.9. The molecule has 1 atom stereocenters. The van der Waals surface area contributed by atoms with Crippen LogP contribution < -0.4 is 16.4 Å². The Bertz CT molecular complexity index is 657. The zero-order chi connectivity index (χ0) is 18.4. The average Bonchev–Trinajstić information content (AvgIpc) is 2.92. The third kappa shape index (κ3) is 5.85. The molecule has 3 amide bonds. The average molecular weight is 349 g/mol. The van der Waals surface area contributed by atoms with Crippen molar-refractivity contribution < 1.29 is 18.8 Å². The number of nitrogens with two attached hydrogens (primary N) is 1. The highest BCUT2D eigenvalue weighted by Crippen LogP contribution is 2.28. The van der Waals surface area contributed by atoms with E-state index in [1.54, 1.807) is 6.07 Å². The molecule has 1 aromatic rings. The summed E-state index contributed by atoms with van der Waals surface area (Å²) >= 11 is 0. The number of primary amides is 1. The molecule has 0 radical (unpaired) electrons. The van der Waals surface area contributed by atoms with Crippen LogP contribution in [0.2, 0.25) is 0 Å². The lowest BCUT2D eigenvalue weighted by Gasteiger charge is -2.28. The fourth-order valence-electron chi connectivity index (χ4n) is 3.15. The van der Waals surface area contributed by atoms with E-state index in [4.69, 9.17) is 5.73 Å². The second-order valence-corrected chi connectivity index (χ2v) is 6.85. The van der Waals surface area contributed by atoms with Gasteiger partial charge in [-0.1, -0.05) is 25.0 Å². The molecule has 0 saturated heterocycles. The first-order chi connectivity index (χ1) is 11.8. The molecule has 0 bridgehead atoms. The van der Waals surface area contributed by atoms with E-state index >= 15 is 0 Å². The van der Waals surface area contributed by atoms with Gasteiger partial charge in [0.1, 0.15) is 11.9 Å². The van der Waals surface area contributed by atoms with Gasteiger partial charge in [0.05, 0.1) is 12.8 Å². The lowest BCUT2D eigenvalue weighted by Crippen LogP contribution is -2.54. The summed E-state index contributed by atoms with van der Waals surface area (Å²) in [7, 11) is 0. The molecule has 4 N–H and O–H groups in total. The van der Waals surface area contributed by atoms with Crippen molar-refractivity contribution in [2.75, 3.05) is 0 Å². The summed E-state index contributed by atoms with van der Waals surface area (Å²) in [5, 5.41) is 5.45. The summed E-state index contributed by atoms with van der Waals surface area (Å²) in [6.45, 7) is 1.95. The molecular formula is C18H24FN3O3. The zero-order valence-corrected chi connectivity index (χ0v) is 14.3. The number of nitrogens with one attached hydrogen (secondary N) is 2. The Hall–Kier alpha value is -2.44. The van der Waals surface area contributed by atoms with Gasteiger partial charge in [0.25, 0.3) is 0 Å². The van der Waals surface area contributed by atoms with E-state index in [0.717, 1.165) is 25.7 Å². The molecule has 7 heteroatoms. The number of hydrogen-bond acceptors (Lipinski definition) is 3. The molecule has 1 unspecified atom stereocenters. The zero-order valence-electron chi connectivity index (χ0n) is 14.3. The first-order valence-corrected chi connectivity index (χ1v) is 8.41. The summed E-state index contributed by atoms with van der Waals surface area (Å²) in [4.78, 5) is 35.9. The topological polar surface area (TPSA) is 101 Å². The number of benzene rings is 1. The van der Waals surface area contributed by atoms with E-state index in [1.165, 1.54) is 18.2 Å². The molecular weight excluding hydrogens is 325 g/mol. The molecule has 0 spiro atoms. The Balaban J connectivity index is 1.99. The fraction of sp³-hybridized carbons (Fsp3) is 0.500. The summed E-state index contributed by atoms with van der Waals surface area (Å²) in [6, 6.07) is 4.63. The van der Waals surface area contributed by atoms with Gasteiger partial charge in [0.2, 0.25) is 17.7 Å². The number of rotatable bonds is 7. The SMILES string of the molecule is CC1(NC(=O)C(CC(N)=O)NC(=O)Cc2cccc(F)c2)CCCC1. The Labute approximate surface area is 146 Å². The maximum atomic E-state index is 13.2. The van der Waals surface area contributed by atoms with Gasteiger partial charge in [-0.25, -0.2) is 4.39 Å². The van der Waals surface area contributed by atoms with E-state index in [1.807, 2.05) is 6.92 Å². The van der Waals surface area contributed by atoms with Crippen molar-refractivity contribution in [3.05, 3.63) is 35.6 Å². The van der Waals surface area contributed by atoms with Crippen LogP contribution in [0.25, 0.3) is 0 Å². The van der Waals surface area contributed by atoms with Gasteiger partial charge in [-0.2, -0.15) is 0 Å². The first-order valence-electron chi connectivity index (χ1n) is 8.41. The molecule has 0 aromatic heterocycles. The molecule has 0 aliphatic heterocycles. The number of amides is 3. The van der Waals surface area contributed by atoms with E-state index < -0.39 is 29.6 Å². The van der Waals surface area contributed by atoms with Crippen LogP contribution in [0.3, 0.4) is 0 Å². The van der Waals surface area contributed by atoms with Crippen LogP contribution in [-0.4, -0.2) is 29.3 Å². The summed E-state index contributed by atoms with van der Waals surface area (Å²) < 4.78 is 13.2. The summed E-state index contributed by atoms with van der Waals surface area (Å²) in [5.41, 5.74) is 5.37. The number of halogens is 1. The fourth-order valence-corrected chi connectivity index (χ4v) is 3.15. The minimum atomic E-state index is -1.03. The van der Waals surface area contributed by atoms with Crippen molar-refractivity contribution in [3.63, 3.8) is 0 Å². The molecule has 2 rings (SSSR count). The highest BCUT2D eigenvalue weighted by atomic mass is 19.1. The van der Waals surface area contributed by atoms with Crippen LogP contribution >= 0.6 is 0 Å². The monoisotopic (exact) mass is 349 g/mol. The van der Waals surface area contributed by atoms with Crippen LogP contribution in [0.1, 0.15) is 44.6 Å². The smallest absolute Gasteiger partial charge is 0.243 e. The highest BCUT2D eigenvalue weighted by molar-refractivity contribution is 5.92. The summed E-state index contributed by atoms with van der Waals surface area (Å²) in [6.07, 6.45) is 3.42. The second kappa shape index (κ2) is 8.09. The van der Waals surface area contributed by atoms with E-state index in [0.29, 0.717) is 5.56 Å². The van der Waals surface area contributed by atoms with E-state index in [9.17, 15) is 18.8 Å². The Kier molecular flexibility index (Phi) is 6.12. The first kappa shape index (κ1) is 18.9. The second-order valence-electron chi connectivity index (χ2n) is 6.85. The molecule has 1 saturated carbocycles. The Morgan fingerprint density at radius 1 is 1.28 bits per heavy atom. The minimum Gasteiger partial charge on any atom is -0.370 e. The predicted octanol–water partition coefficient (Wildman–Crippen LogP) is 1.18. The number of carbonyl (C=O) groups excluding carboxylic acids is 3. The maximum Gasteiger partial charge on any atom is 0.243 e. The molecule has 0 heterocycles. The van der Waals surface area contributed by atoms with Crippen molar-refractivity contribution in [2.45, 2.75) is 57.0 Å². The largest absolute Gasteiger partial charge is 0.370 e. The van der Waals surface area contributed by atoms with E-state index in [2.05, 4.69) is 10.6 Å². The standard InChI is InChI=1S/C18H24FN3O3/c1-18(7-2-3-8-18)22-17(25)14(11-15(20)23)21-16(24)10-12-5-4-6-13(19)9-12/h4-6,9,14H,2-3,7-8,10-11H2,1H3,(H2,20,23)(H,21,24)(H,22,25). The van der Waals surface area contributed by atoms with Gasteiger partial charge in [0.15, 0.2) is 0 Å². The third-order valence-corrected chi connectivity index (χ3v) is 4.44. The molecule has 136 valence electrons. The van der Waals surface area contributed by atoms with Crippen molar-refractivity contribution in [1.82, 2.24) is 10.6 Å². The van der Waals surface area contributed by atoms with Gasteiger partial charge in [-0.3, -0.25) is 14.4 Å². The predicted molar refractivity (Wildman–Crippen MR) is 90.9 cm³/mol. The lowest BCUT2D eigenvalue weighted by molar-refractivity contribution is -0.132. The van der Waals surface area contributed by atoms with Gasteiger partial charge < -0.3 is 16.4 Å². The highest BCUT2D eigenvalue weighted by Gasteiger charge is 2.33. The van der Waals surface area contributed by atoms with Crippen molar-refractivity contribution in [1.29, 1.82) is 0 Å². The van der Waals surface area contributed by atoms with Crippen LogP contribution in [0, 0.1) is 5.82 Å². The van der Waals surface area contributed by atoms with Crippen LogP contribution in [0.4, 0.5) is 4.39 Å². The molecule has 25 heavy (non-hydrogen) atoms. The van der Waals surface area contributed by atoms with Crippen molar-refractivity contribution >= 4 is 17.7 Å². The molecule has 1 aromatic carbocycles. The summed E-state index contributed by atoms with van der Waals surface area (Å²) in [5.74, 6) is -2.01.